The van der Waals surface area contributed by atoms with Crippen LogP contribution in [-0.4, -0.2) is 0 Å². The number of hydrogen-bond acceptors (Lipinski definition) is 3. The highest BCUT2D eigenvalue weighted by Crippen LogP contribution is 2.30. The van der Waals surface area contributed by atoms with Gasteiger partial charge in [-0.2, -0.15) is 0 Å². The maximum atomic E-state index is 6.04. The average molecular weight is 316 g/mol. The minimum atomic E-state index is -0.225. The molecule has 2 rings (SSSR count). The molecule has 0 fully saturated rings. The number of hydrazine groups is 1. The highest BCUT2D eigenvalue weighted by molar-refractivity contribution is 9.10. The molecular formula is C12H12BrClN2O. The quantitative estimate of drug-likeness (QED) is 0.672. The number of hydrogen-bond donors (Lipinski definition) is 2. The van der Waals surface area contributed by atoms with E-state index in [9.17, 15) is 0 Å². The van der Waals surface area contributed by atoms with Gasteiger partial charge in [-0.1, -0.05) is 17.7 Å². The number of aryl methyl sites for hydroxylation is 1. The predicted molar refractivity (Wildman–Crippen MR) is 71.8 cm³/mol. The van der Waals surface area contributed by atoms with Crippen LogP contribution in [-0.2, 0) is 0 Å². The lowest BCUT2D eigenvalue weighted by atomic mass is 10.0. The van der Waals surface area contributed by atoms with Crippen LogP contribution in [0.2, 0.25) is 5.02 Å². The van der Waals surface area contributed by atoms with Crippen LogP contribution in [0.3, 0.4) is 0 Å². The molecule has 1 aromatic heterocycles. The molecule has 0 bridgehead atoms. The van der Waals surface area contributed by atoms with Gasteiger partial charge in [-0.25, -0.2) is 5.43 Å². The maximum absolute atomic E-state index is 6.04. The Morgan fingerprint density at radius 1 is 1.41 bits per heavy atom. The van der Waals surface area contributed by atoms with Crippen LogP contribution in [0.5, 0.6) is 0 Å². The zero-order valence-corrected chi connectivity index (χ0v) is 11.5. The molecule has 0 saturated heterocycles. The number of benzene rings is 1. The Balaban J connectivity index is 2.45. The summed E-state index contributed by atoms with van der Waals surface area (Å²) in [5.74, 6) is 6.32. The third-order valence-electron chi connectivity index (χ3n) is 2.47. The summed E-state index contributed by atoms with van der Waals surface area (Å²) in [6.07, 6.45) is 1.61. The first-order valence-electron chi connectivity index (χ1n) is 5.08. The molecule has 2 aromatic rings. The molecule has 0 aliphatic rings. The van der Waals surface area contributed by atoms with Gasteiger partial charge in [0.2, 0.25) is 0 Å². The van der Waals surface area contributed by atoms with E-state index in [0.717, 1.165) is 21.4 Å². The van der Waals surface area contributed by atoms with E-state index in [4.69, 9.17) is 21.9 Å². The fourth-order valence-electron chi connectivity index (χ4n) is 1.77. The molecule has 90 valence electrons. The fourth-order valence-corrected chi connectivity index (χ4v) is 2.49. The molecule has 1 atom stereocenters. The Bertz CT molecular complexity index is 507. The van der Waals surface area contributed by atoms with Crippen LogP contribution in [0, 0.1) is 6.92 Å². The van der Waals surface area contributed by atoms with Crippen LogP contribution in [0.1, 0.15) is 22.9 Å². The number of halogens is 2. The molecule has 0 radical (unpaired) electrons. The SMILES string of the molecule is Cc1cc(Cl)cc(C(NN)c2occc2Br)c1. The Morgan fingerprint density at radius 2 is 2.18 bits per heavy atom. The van der Waals surface area contributed by atoms with E-state index < -0.39 is 0 Å². The van der Waals surface area contributed by atoms with E-state index in [1.54, 1.807) is 6.26 Å². The molecule has 0 aliphatic carbocycles. The van der Waals surface area contributed by atoms with Crippen molar-refractivity contribution in [2.75, 3.05) is 0 Å². The molecule has 1 aromatic carbocycles. The predicted octanol–water partition coefficient (Wildman–Crippen LogP) is 3.56. The highest BCUT2D eigenvalue weighted by Gasteiger charge is 2.19. The van der Waals surface area contributed by atoms with E-state index in [0.29, 0.717) is 5.02 Å². The molecule has 5 heteroatoms. The standard InChI is InChI=1S/C12H12BrClN2O/c1-7-4-8(6-9(14)5-7)11(16-15)12-10(13)2-3-17-12/h2-6,11,16H,15H2,1H3. The zero-order valence-electron chi connectivity index (χ0n) is 9.21. The van der Waals surface area contributed by atoms with E-state index in [1.165, 1.54) is 0 Å². The van der Waals surface area contributed by atoms with Crippen molar-refractivity contribution in [3.8, 4) is 0 Å². The summed E-state index contributed by atoms with van der Waals surface area (Å²) in [6, 6.07) is 7.39. The Hall–Kier alpha value is -0.810. The van der Waals surface area contributed by atoms with Crippen molar-refractivity contribution in [2.45, 2.75) is 13.0 Å². The third-order valence-corrected chi connectivity index (χ3v) is 3.34. The summed E-state index contributed by atoms with van der Waals surface area (Å²) < 4.78 is 6.29. The van der Waals surface area contributed by atoms with Gasteiger partial charge in [-0.3, -0.25) is 5.84 Å². The normalized spacial score (nSPS) is 12.7. The molecule has 3 N–H and O–H groups in total. The second kappa shape index (κ2) is 5.23. The topological polar surface area (TPSA) is 51.2 Å². The minimum Gasteiger partial charge on any atom is -0.466 e. The van der Waals surface area contributed by atoms with Crippen molar-refractivity contribution in [1.29, 1.82) is 0 Å². The lowest BCUT2D eigenvalue weighted by molar-refractivity contribution is 0.449. The van der Waals surface area contributed by atoms with Crippen molar-refractivity contribution in [3.63, 3.8) is 0 Å². The summed E-state index contributed by atoms with van der Waals surface area (Å²) in [6.45, 7) is 1.99. The smallest absolute Gasteiger partial charge is 0.140 e. The van der Waals surface area contributed by atoms with Gasteiger partial charge in [-0.05, 0) is 52.2 Å². The van der Waals surface area contributed by atoms with Crippen LogP contribution in [0.25, 0.3) is 0 Å². The zero-order chi connectivity index (χ0) is 12.4. The van der Waals surface area contributed by atoms with Crippen LogP contribution < -0.4 is 11.3 Å². The van der Waals surface area contributed by atoms with E-state index in [-0.39, 0.29) is 6.04 Å². The molecule has 3 nitrogen and oxygen atoms in total. The highest BCUT2D eigenvalue weighted by atomic mass is 79.9. The number of furan rings is 1. The summed E-state index contributed by atoms with van der Waals surface area (Å²) in [7, 11) is 0. The summed E-state index contributed by atoms with van der Waals surface area (Å²) in [4.78, 5) is 0. The van der Waals surface area contributed by atoms with Gasteiger partial charge in [0.1, 0.15) is 11.8 Å². The molecular weight excluding hydrogens is 304 g/mol. The summed E-state index contributed by atoms with van der Waals surface area (Å²) >= 11 is 9.46. The second-order valence-electron chi connectivity index (χ2n) is 3.79. The van der Waals surface area contributed by atoms with Gasteiger partial charge in [0.25, 0.3) is 0 Å². The van der Waals surface area contributed by atoms with E-state index in [1.807, 2.05) is 31.2 Å². The Morgan fingerprint density at radius 3 is 2.71 bits per heavy atom. The second-order valence-corrected chi connectivity index (χ2v) is 5.09. The molecule has 0 aliphatic heterocycles. The fraction of sp³-hybridized carbons (Fsp3) is 0.167. The summed E-state index contributed by atoms with van der Waals surface area (Å²) in [5.41, 5.74) is 4.78. The molecule has 1 heterocycles. The van der Waals surface area contributed by atoms with Crippen LogP contribution >= 0.6 is 27.5 Å². The largest absolute Gasteiger partial charge is 0.466 e. The van der Waals surface area contributed by atoms with Crippen molar-refractivity contribution >= 4 is 27.5 Å². The first-order valence-corrected chi connectivity index (χ1v) is 6.25. The van der Waals surface area contributed by atoms with E-state index in [2.05, 4.69) is 21.4 Å². The minimum absolute atomic E-state index is 0.225. The number of nitrogens with one attached hydrogen (secondary N) is 1. The van der Waals surface area contributed by atoms with Crippen molar-refractivity contribution in [1.82, 2.24) is 5.43 Å². The monoisotopic (exact) mass is 314 g/mol. The van der Waals surface area contributed by atoms with Gasteiger partial charge < -0.3 is 4.42 Å². The number of rotatable bonds is 3. The Labute approximate surface area is 113 Å². The molecule has 0 saturated carbocycles. The molecule has 0 amide bonds. The number of nitrogens with two attached hydrogens (primary N) is 1. The lowest BCUT2D eigenvalue weighted by Crippen LogP contribution is -2.28. The van der Waals surface area contributed by atoms with E-state index >= 15 is 0 Å². The lowest BCUT2D eigenvalue weighted by Gasteiger charge is -2.15. The molecule has 1 unspecified atom stereocenters. The first kappa shape index (κ1) is 12.6. The molecule has 0 spiro atoms. The third kappa shape index (κ3) is 2.72. The van der Waals surface area contributed by atoms with Crippen molar-refractivity contribution in [3.05, 3.63) is 56.9 Å². The summed E-state index contributed by atoms with van der Waals surface area (Å²) in [5, 5.41) is 0.683. The van der Waals surface area contributed by atoms with Crippen LogP contribution in [0.15, 0.2) is 39.4 Å². The Kier molecular flexibility index (Phi) is 3.89. The van der Waals surface area contributed by atoms with Crippen molar-refractivity contribution < 1.29 is 4.42 Å². The maximum Gasteiger partial charge on any atom is 0.140 e. The first-order chi connectivity index (χ1) is 8.11. The van der Waals surface area contributed by atoms with Gasteiger partial charge in [-0.15, -0.1) is 0 Å². The molecule has 17 heavy (non-hydrogen) atoms. The van der Waals surface area contributed by atoms with Crippen molar-refractivity contribution in [2.24, 2.45) is 5.84 Å². The van der Waals surface area contributed by atoms with Gasteiger partial charge in [0.05, 0.1) is 10.7 Å². The van der Waals surface area contributed by atoms with Gasteiger partial charge in [0.15, 0.2) is 0 Å². The van der Waals surface area contributed by atoms with Crippen LogP contribution in [0.4, 0.5) is 0 Å². The van der Waals surface area contributed by atoms with Gasteiger partial charge in [0, 0.05) is 5.02 Å². The van der Waals surface area contributed by atoms with Gasteiger partial charge >= 0.3 is 0 Å². The average Bonchev–Trinajstić information content (AvgIpc) is 2.65.